The first-order valence-corrected chi connectivity index (χ1v) is 15.2. The first-order chi connectivity index (χ1) is 19.8. The minimum Gasteiger partial charge on any atom is -0.473 e. The fraction of sp³-hybridized carbons (Fsp3) is 0.562. The average Bonchev–Trinajstić information content (AvgIpc) is 3.64. The third kappa shape index (κ3) is 5.44. The molecule has 2 aromatic heterocycles. The van der Waals surface area contributed by atoms with Crippen LogP contribution in [0.1, 0.15) is 79.8 Å². The van der Waals surface area contributed by atoms with Crippen molar-refractivity contribution in [3.63, 3.8) is 0 Å². The summed E-state index contributed by atoms with van der Waals surface area (Å²) in [5.74, 6) is 1.27. The van der Waals surface area contributed by atoms with Gasteiger partial charge in [0.15, 0.2) is 11.3 Å². The second kappa shape index (κ2) is 11.4. The van der Waals surface area contributed by atoms with Crippen molar-refractivity contribution < 1.29 is 19.1 Å². The normalized spacial score (nSPS) is 21.5. The van der Waals surface area contributed by atoms with E-state index >= 15 is 0 Å². The van der Waals surface area contributed by atoms with Crippen LogP contribution in [0.5, 0.6) is 5.88 Å². The van der Waals surface area contributed by atoms with E-state index in [1.54, 1.807) is 13.0 Å². The zero-order valence-corrected chi connectivity index (χ0v) is 24.6. The Morgan fingerprint density at radius 3 is 2.32 bits per heavy atom. The first-order valence-electron chi connectivity index (χ1n) is 15.2. The summed E-state index contributed by atoms with van der Waals surface area (Å²) in [6.45, 7) is 9.78. The maximum absolute atomic E-state index is 13.4. The van der Waals surface area contributed by atoms with Gasteiger partial charge in [0.25, 0.3) is 5.91 Å². The van der Waals surface area contributed by atoms with E-state index in [1.807, 2.05) is 47.7 Å². The molecule has 1 aromatic carbocycles. The van der Waals surface area contributed by atoms with Crippen molar-refractivity contribution in [2.75, 3.05) is 39.8 Å². The van der Waals surface area contributed by atoms with Crippen molar-refractivity contribution in [1.29, 1.82) is 0 Å². The third-order valence-electron chi connectivity index (χ3n) is 8.78. The second-order valence-electron chi connectivity index (χ2n) is 12.2. The highest BCUT2D eigenvalue weighted by atomic mass is 16.5. The lowest BCUT2D eigenvalue weighted by Crippen LogP contribution is -2.32. The van der Waals surface area contributed by atoms with E-state index in [9.17, 15) is 9.59 Å². The van der Waals surface area contributed by atoms with E-state index in [1.165, 1.54) is 6.42 Å². The number of hydrogen-bond donors (Lipinski definition) is 0. The zero-order chi connectivity index (χ0) is 28.7. The number of ether oxygens (including phenoxy) is 2. The van der Waals surface area contributed by atoms with Gasteiger partial charge in [-0.25, -0.2) is 14.5 Å². The number of benzene rings is 1. The monoisotopic (exact) mass is 559 g/mol. The van der Waals surface area contributed by atoms with Gasteiger partial charge in [0, 0.05) is 37.3 Å². The van der Waals surface area contributed by atoms with Crippen molar-refractivity contribution in [1.82, 2.24) is 24.6 Å². The molecule has 3 aliphatic rings. The minimum atomic E-state index is -0.463. The smallest absolute Gasteiger partial charge is 0.357 e. The van der Waals surface area contributed by atoms with Crippen molar-refractivity contribution in [3.8, 4) is 17.0 Å². The van der Waals surface area contributed by atoms with Gasteiger partial charge in [0.2, 0.25) is 5.88 Å². The Morgan fingerprint density at radius 1 is 1.00 bits per heavy atom. The molecule has 2 aliphatic heterocycles. The summed E-state index contributed by atoms with van der Waals surface area (Å²) < 4.78 is 13.6. The number of carbonyl (C=O) groups is 2. The molecule has 0 spiro atoms. The number of rotatable bonds is 7. The molecule has 1 saturated carbocycles. The van der Waals surface area contributed by atoms with E-state index in [0.717, 1.165) is 68.4 Å². The zero-order valence-electron chi connectivity index (χ0n) is 24.6. The lowest BCUT2D eigenvalue weighted by molar-refractivity contribution is 0.0519. The number of nitrogens with zero attached hydrogens (tertiary/aromatic N) is 5. The molecule has 2 unspecified atom stereocenters. The van der Waals surface area contributed by atoms with Crippen LogP contribution in [0.2, 0.25) is 0 Å². The van der Waals surface area contributed by atoms with Crippen LogP contribution in [0.25, 0.3) is 22.2 Å². The number of aromatic nitrogens is 3. The van der Waals surface area contributed by atoms with Crippen LogP contribution in [0.3, 0.4) is 0 Å². The number of esters is 1. The molecule has 9 heteroatoms. The number of fused-ring (bicyclic) bond motifs is 2. The molecule has 1 amide bonds. The largest absolute Gasteiger partial charge is 0.473 e. The lowest BCUT2D eigenvalue weighted by Gasteiger charge is -2.22. The molecular weight excluding hydrogens is 518 g/mol. The quantitative estimate of drug-likeness (QED) is 0.368. The number of likely N-dealkylation sites (tertiary alicyclic amines) is 2. The summed E-state index contributed by atoms with van der Waals surface area (Å²) >= 11 is 0. The third-order valence-corrected chi connectivity index (χ3v) is 8.78. The molecular formula is C32H41N5O4. The van der Waals surface area contributed by atoms with Gasteiger partial charge < -0.3 is 19.3 Å². The molecule has 0 radical (unpaired) electrons. The van der Waals surface area contributed by atoms with E-state index in [0.29, 0.717) is 28.9 Å². The Bertz CT molecular complexity index is 1410. The summed E-state index contributed by atoms with van der Waals surface area (Å²) in [7, 11) is 2.16. The standard InChI is InChI=1S/C32H41N5O4/c1-5-40-32(39)27-15-26(28-29(33-27)37(25-9-7-6-8-10-25)34-30(28)41-20(2)3)21-11-13-22(14-12-21)31(38)36-18-23-16-35(4)17-24(23)19-36/h11-15,20,23-25H,5-10,16-19H2,1-4H3. The first kappa shape index (κ1) is 27.7. The number of hydrogen-bond acceptors (Lipinski definition) is 7. The molecule has 6 rings (SSSR count). The topological polar surface area (TPSA) is 89.8 Å². The highest BCUT2D eigenvalue weighted by Crippen LogP contribution is 2.39. The summed E-state index contributed by atoms with van der Waals surface area (Å²) in [5.41, 5.74) is 3.23. The maximum Gasteiger partial charge on any atom is 0.357 e. The minimum absolute atomic E-state index is 0.0784. The van der Waals surface area contributed by atoms with Gasteiger partial charge >= 0.3 is 5.97 Å². The van der Waals surface area contributed by atoms with Crippen molar-refractivity contribution >= 4 is 22.9 Å². The lowest BCUT2D eigenvalue weighted by atomic mass is 9.95. The maximum atomic E-state index is 13.4. The van der Waals surface area contributed by atoms with Gasteiger partial charge in [-0.05, 0) is 76.3 Å². The highest BCUT2D eigenvalue weighted by Gasteiger charge is 2.40. The van der Waals surface area contributed by atoms with Gasteiger partial charge in [-0.2, -0.15) is 0 Å². The summed E-state index contributed by atoms with van der Waals surface area (Å²) in [6, 6.07) is 9.67. The van der Waals surface area contributed by atoms with Crippen molar-refractivity contribution in [3.05, 3.63) is 41.6 Å². The van der Waals surface area contributed by atoms with Crippen LogP contribution in [0, 0.1) is 11.8 Å². The van der Waals surface area contributed by atoms with E-state index in [2.05, 4.69) is 11.9 Å². The van der Waals surface area contributed by atoms with Gasteiger partial charge in [0.05, 0.1) is 24.1 Å². The molecule has 1 aliphatic carbocycles. The average molecular weight is 560 g/mol. The van der Waals surface area contributed by atoms with Crippen LogP contribution in [0.15, 0.2) is 30.3 Å². The fourth-order valence-electron chi connectivity index (χ4n) is 6.90. The molecule has 2 atom stereocenters. The van der Waals surface area contributed by atoms with Gasteiger partial charge in [0.1, 0.15) is 0 Å². The summed E-state index contributed by atoms with van der Waals surface area (Å²) in [6.07, 6.45) is 5.46. The molecule has 2 saturated heterocycles. The molecule has 4 heterocycles. The van der Waals surface area contributed by atoms with Crippen molar-refractivity contribution in [2.45, 2.75) is 65.0 Å². The molecule has 41 heavy (non-hydrogen) atoms. The number of pyridine rings is 1. The van der Waals surface area contributed by atoms with E-state index in [-0.39, 0.29) is 30.4 Å². The molecule has 0 bridgehead atoms. The Morgan fingerprint density at radius 2 is 1.68 bits per heavy atom. The molecule has 9 nitrogen and oxygen atoms in total. The van der Waals surface area contributed by atoms with Crippen LogP contribution in [-0.4, -0.2) is 82.4 Å². The van der Waals surface area contributed by atoms with Crippen molar-refractivity contribution in [2.24, 2.45) is 11.8 Å². The summed E-state index contributed by atoms with van der Waals surface area (Å²) in [4.78, 5) is 35.5. The number of carbonyl (C=O) groups excluding carboxylic acids is 2. The van der Waals surface area contributed by atoms with Crippen LogP contribution >= 0.6 is 0 Å². The highest BCUT2D eigenvalue weighted by molar-refractivity contribution is 6.02. The predicted octanol–water partition coefficient (Wildman–Crippen LogP) is 5.20. The Balaban J connectivity index is 1.39. The Labute approximate surface area is 241 Å². The molecule has 3 aromatic rings. The van der Waals surface area contributed by atoms with Crippen LogP contribution in [0.4, 0.5) is 0 Å². The SMILES string of the molecule is CCOC(=O)c1cc(-c2ccc(C(=O)N3CC4CN(C)CC4C3)cc2)c2c(OC(C)C)nn(C3CCCCC3)c2n1. The fourth-order valence-corrected chi connectivity index (χ4v) is 6.90. The Hall–Kier alpha value is -3.46. The second-order valence-corrected chi connectivity index (χ2v) is 12.2. The van der Waals surface area contributed by atoms with Gasteiger partial charge in [-0.15, -0.1) is 5.10 Å². The molecule has 0 N–H and O–H groups in total. The predicted molar refractivity (Wildman–Crippen MR) is 157 cm³/mol. The van der Waals surface area contributed by atoms with Crippen LogP contribution < -0.4 is 4.74 Å². The van der Waals surface area contributed by atoms with Gasteiger partial charge in [-0.3, -0.25) is 4.79 Å². The molecule has 3 fully saturated rings. The van der Waals surface area contributed by atoms with Crippen LogP contribution in [-0.2, 0) is 4.74 Å². The summed E-state index contributed by atoms with van der Waals surface area (Å²) in [5, 5.41) is 5.72. The Kier molecular flexibility index (Phi) is 7.72. The molecule has 218 valence electrons. The van der Waals surface area contributed by atoms with Gasteiger partial charge in [-0.1, -0.05) is 31.4 Å². The number of amides is 1. The van der Waals surface area contributed by atoms with E-state index < -0.39 is 5.97 Å². The van der Waals surface area contributed by atoms with E-state index in [4.69, 9.17) is 19.6 Å².